The SMILES string of the molecule is C[n+]1ccc(-c2cc[n+](CCc3cn(CC4COc5cscc5O4)nn3)cc2)cc1. The minimum atomic E-state index is -0.0521. The molecule has 1 aliphatic rings. The molecule has 0 spiro atoms. The Bertz CT molecular complexity index is 1120. The highest BCUT2D eigenvalue weighted by atomic mass is 32.1. The number of thiophene rings is 1. The van der Waals surface area contributed by atoms with Crippen LogP contribution in [-0.2, 0) is 26.6 Å². The van der Waals surface area contributed by atoms with Gasteiger partial charge in [-0.25, -0.2) is 13.8 Å². The summed E-state index contributed by atoms with van der Waals surface area (Å²) in [6, 6.07) is 8.53. The van der Waals surface area contributed by atoms with Gasteiger partial charge in [-0.15, -0.1) is 16.4 Å². The molecule has 0 N–H and O–H groups in total. The molecule has 7 nitrogen and oxygen atoms in total. The van der Waals surface area contributed by atoms with Crippen LogP contribution in [0.5, 0.6) is 11.5 Å². The van der Waals surface area contributed by atoms with Gasteiger partial charge in [0.25, 0.3) is 0 Å². The first-order valence-corrected chi connectivity index (χ1v) is 10.9. The third-order valence-electron chi connectivity index (χ3n) is 5.12. The van der Waals surface area contributed by atoms with Crippen molar-refractivity contribution in [3.63, 3.8) is 0 Å². The maximum Gasteiger partial charge on any atom is 0.172 e. The molecule has 1 aliphatic heterocycles. The van der Waals surface area contributed by atoms with Crippen molar-refractivity contribution in [2.24, 2.45) is 7.05 Å². The number of hydrogen-bond acceptors (Lipinski definition) is 5. The Labute approximate surface area is 178 Å². The zero-order valence-electron chi connectivity index (χ0n) is 16.7. The van der Waals surface area contributed by atoms with Gasteiger partial charge in [0, 0.05) is 41.2 Å². The van der Waals surface area contributed by atoms with Gasteiger partial charge < -0.3 is 9.47 Å². The van der Waals surface area contributed by atoms with Crippen molar-refractivity contribution in [2.45, 2.75) is 25.6 Å². The number of nitrogens with zero attached hydrogens (tertiary/aromatic N) is 5. The van der Waals surface area contributed by atoms with E-state index < -0.39 is 0 Å². The van der Waals surface area contributed by atoms with Crippen LogP contribution in [0.3, 0.4) is 0 Å². The molecule has 5 rings (SSSR count). The van der Waals surface area contributed by atoms with Gasteiger partial charge in [0.2, 0.25) is 0 Å². The Hall–Kier alpha value is -3.26. The monoisotopic (exact) mass is 421 g/mol. The average molecular weight is 422 g/mol. The summed E-state index contributed by atoms with van der Waals surface area (Å²) in [6.07, 6.45) is 11.1. The summed E-state index contributed by atoms with van der Waals surface area (Å²) >= 11 is 1.58. The van der Waals surface area contributed by atoms with E-state index in [4.69, 9.17) is 9.47 Å². The number of aryl methyl sites for hydroxylation is 3. The van der Waals surface area contributed by atoms with Crippen LogP contribution in [0.1, 0.15) is 5.69 Å². The highest BCUT2D eigenvalue weighted by Crippen LogP contribution is 2.35. The van der Waals surface area contributed by atoms with Gasteiger partial charge in [-0.1, -0.05) is 5.21 Å². The van der Waals surface area contributed by atoms with Crippen molar-refractivity contribution >= 4 is 11.3 Å². The smallest absolute Gasteiger partial charge is 0.172 e. The molecule has 0 saturated carbocycles. The predicted octanol–water partition coefficient (Wildman–Crippen LogP) is 2.20. The Morgan fingerprint density at radius 1 is 1.07 bits per heavy atom. The van der Waals surface area contributed by atoms with Crippen molar-refractivity contribution < 1.29 is 18.6 Å². The van der Waals surface area contributed by atoms with Crippen LogP contribution < -0.4 is 18.6 Å². The summed E-state index contributed by atoms with van der Waals surface area (Å²) in [4.78, 5) is 0. The lowest BCUT2D eigenvalue weighted by atomic mass is 10.1. The lowest BCUT2D eigenvalue weighted by Gasteiger charge is -2.24. The molecule has 0 saturated heterocycles. The maximum atomic E-state index is 5.96. The van der Waals surface area contributed by atoms with Crippen molar-refractivity contribution in [3.05, 3.63) is 71.7 Å². The first kappa shape index (κ1) is 18.7. The lowest BCUT2D eigenvalue weighted by molar-refractivity contribution is -0.696. The van der Waals surface area contributed by atoms with Gasteiger partial charge in [0.05, 0.1) is 18.7 Å². The normalized spacial score (nSPS) is 15.3. The number of ether oxygens (including phenoxy) is 2. The molecule has 0 bridgehead atoms. The molecule has 152 valence electrons. The van der Waals surface area contributed by atoms with Crippen molar-refractivity contribution in [3.8, 4) is 22.6 Å². The second-order valence-electron chi connectivity index (χ2n) is 7.41. The Balaban J connectivity index is 1.16. The quantitative estimate of drug-likeness (QED) is 0.448. The van der Waals surface area contributed by atoms with E-state index in [-0.39, 0.29) is 6.10 Å². The molecule has 30 heavy (non-hydrogen) atoms. The number of rotatable bonds is 6. The van der Waals surface area contributed by atoms with E-state index in [0.29, 0.717) is 13.2 Å². The number of fused-ring (bicyclic) bond motifs is 1. The summed E-state index contributed by atoms with van der Waals surface area (Å²) in [6.45, 7) is 2.00. The summed E-state index contributed by atoms with van der Waals surface area (Å²) in [5.41, 5.74) is 3.39. The Morgan fingerprint density at radius 3 is 2.60 bits per heavy atom. The molecule has 4 aromatic rings. The molecule has 1 atom stereocenters. The summed E-state index contributed by atoms with van der Waals surface area (Å²) in [5, 5.41) is 12.5. The van der Waals surface area contributed by atoms with Crippen molar-refractivity contribution in [2.75, 3.05) is 6.61 Å². The molecule has 5 heterocycles. The van der Waals surface area contributed by atoms with Crippen LogP contribution >= 0.6 is 11.3 Å². The fourth-order valence-corrected chi connectivity index (χ4v) is 4.11. The minimum absolute atomic E-state index is 0.0521. The molecule has 0 fully saturated rings. The van der Waals surface area contributed by atoms with Crippen LogP contribution in [0, 0.1) is 0 Å². The molecule has 1 unspecified atom stereocenters. The largest absolute Gasteiger partial charge is 0.485 e. The van der Waals surface area contributed by atoms with Crippen LogP contribution in [0.4, 0.5) is 0 Å². The summed E-state index contributed by atoms with van der Waals surface area (Å²) in [7, 11) is 2.02. The zero-order chi connectivity index (χ0) is 20.3. The second kappa shape index (κ2) is 8.23. The van der Waals surface area contributed by atoms with E-state index >= 15 is 0 Å². The molecule has 0 amide bonds. The first-order valence-electron chi connectivity index (χ1n) is 9.92. The van der Waals surface area contributed by atoms with Gasteiger partial charge in [-0.05, 0) is 11.1 Å². The number of pyridine rings is 2. The van der Waals surface area contributed by atoms with E-state index in [1.165, 1.54) is 11.1 Å². The van der Waals surface area contributed by atoms with Gasteiger partial charge in [-0.3, -0.25) is 0 Å². The fraction of sp³-hybridized carbons (Fsp3) is 0.273. The highest BCUT2D eigenvalue weighted by molar-refractivity contribution is 7.08. The molecular formula is C22H23N5O2S+2. The number of aromatic nitrogens is 5. The van der Waals surface area contributed by atoms with E-state index in [9.17, 15) is 0 Å². The molecule has 4 aromatic heterocycles. The predicted molar refractivity (Wildman–Crippen MR) is 111 cm³/mol. The second-order valence-corrected chi connectivity index (χ2v) is 8.15. The van der Waals surface area contributed by atoms with Gasteiger partial charge >= 0.3 is 0 Å². The van der Waals surface area contributed by atoms with E-state index in [0.717, 1.165) is 30.2 Å². The highest BCUT2D eigenvalue weighted by Gasteiger charge is 2.22. The average Bonchev–Trinajstić information content (AvgIpc) is 3.42. The van der Waals surface area contributed by atoms with E-state index in [2.05, 4.69) is 63.9 Å². The topological polar surface area (TPSA) is 56.9 Å². The van der Waals surface area contributed by atoms with Crippen LogP contribution in [0.25, 0.3) is 11.1 Å². The minimum Gasteiger partial charge on any atom is -0.485 e. The van der Waals surface area contributed by atoms with Gasteiger partial charge in [0.15, 0.2) is 48.9 Å². The standard InChI is InChI=1S/C22H23N5O2S/c1-25-7-2-17(3-8-25)18-4-9-26(10-5-18)11-6-19-12-27(24-23-19)13-20-14-28-21-15-30-16-22(21)29-20/h2-5,7-10,12,15-16,20H,6,11,13-14H2,1H3/q+2. The fourth-order valence-electron chi connectivity index (χ4n) is 3.44. The van der Waals surface area contributed by atoms with Gasteiger partial charge in [-0.2, -0.15) is 0 Å². The van der Waals surface area contributed by atoms with Gasteiger partial charge in [0.1, 0.15) is 13.7 Å². The maximum absolute atomic E-state index is 5.96. The summed E-state index contributed by atoms with van der Waals surface area (Å²) < 4.78 is 17.7. The molecule has 0 aromatic carbocycles. The van der Waals surface area contributed by atoms with Crippen LogP contribution in [-0.4, -0.2) is 27.7 Å². The van der Waals surface area contributed by atoms with Crippen LogP contribution in [0.15, 0.2) is 66.0 Å². The first-order chi connectivity index (χ1) is 14.7. The Kier molecular flexibility index (Phi) is 5.15. The molecule has 8 heteroatoms. The molecular weight excluding hydrogens is 398 g/mol. The zero-order valence-corrected chi connectivity index (χ0v) is 17.5. The lowest BCUT2D eigenvalue weighted by Crippen LogP contribution is -2.33. The van der Waals surface area contributed by atoms with E-state index in [1.54, 1.807) is 11.3 Å². The third kappa shape index (κ3) is 4.18. The molecule has 0 radical (unpaired) electrons. The summed E-state index contributed by atoms with van der Waals surface area (Å²) in [5.74, 6) is 1.65. The number of hydrogen-bond donors (Lipinski definition) is 0. The third-order valence-corrected chi connectivity index (χ3v) is 5.82. The van der Waals surface area contributed by atoms with Crippen molar-refractivity contribution in [1.29, 1.82) is 0 Å². The molecule has 0 aliphatic carbocycles. The van der Waals surface area contributed by atoms with E-state index in [1.807, 2.05) is 33.3 Å². The van der Waals surface area contributed by atoms with Crippen molar-refractivity contribution in [1.82, 2.24) is 15.0 Å². The Morgan fingerprint density at radius 2 is 1.80 bits per heavy atom. The van der Waals surface area contributed by atoms with Crippen LogP contribution in [0.2, 0.25) is 0 Å².